The fraction of sp³-hybridized carbons (Fsp3) is 0.316. The Morgan fingerprint density at radius 1 is 1.24 bits per heavy atom. The number of methoxy groups -OCH3 is 1. The van der Waals surface area contributed by atoms with Crippen molar-refractivity contribution in [2.24, 2.45) is 0 Å². The number of ether oxygens (including phenoxy) is 2. The number of rotatable bonds is 8. The van der Waals surface area contributed by atoms with Crippen molar-refractivity contribution in [3.8, 4) is 11.5 Å². The maximum absolute atomic E-state index is 12.4. The molecule has 0 radical (unpaired) electrons. The van der Waals surface area contributed by atoms with E-state index in [-0.39, 0.29) is 11.2 Å². The van der Waals surface area contributed by atoms with E-state index < -0.39 is 0 Å². The molecule has 0 fully saturated rings. The highest BCUT2D eigenvalue weighted by molar-refractivity contribution is 7.99. The maximum atomic E-state index is 12.4. The van der Waals surface area contributed by atoms with Crippen LogP contribution in [-0.2, 0) is 10.5 Å². The Bertz CT molecular complexity index is 724. The summed E-state index contributed by atoms with van der Waals surface area (Å²) in [5.74, 6) is 2.08. The molecule has 0 aliphatic heterocycles. The van der Waals surface area contributed by atoms with Crippen molar-refractivity contribution in [3.63, 3.8) is 0 Å². The normalized spacial score (nSPS) is 11.7. The van der Waals surface area contributed by atoms with Crippen LogP contribution in [0.15, 0.2) is 42.5 Å². The number of benzene rings is 2. The van der Waals surface area contributed by atoms with Crippen molar-refractivity contribution in [2.75, 3.05) is 19.0 Å². The average Bonchev–Trinajstić information content (AvgIpc) is 2.61. The van der Waals surface area contributed by atoms with Gasteiger partial charge in [0.1, 0.15) is 11.5 Å². The number of para-hydroxylation sites is 1. The van der Waals surface area contributed by atoms with Gasteiger partial charge in [-0.25, -0.2) is 0 Å². The SMILES string of the molecule is CCOc1ccccc1CSC(C)C(=O)Nc1ccc(OC)c(Cl)c1. The number of carbonyl (C=O) groups excluding carboxylic acids is 1. The lowest BCUT2D eigenvalue weighted by atomic mass is 10.2. The second kappa shape index (κ2) is 9.59. The van der Waals surface area contributed by atoms with Crippen molar-refractivity contribution >= 4 is 35.0 Å². The van der Waals surface area contributed by atoms with Gasteiger partial charge in [-0.2, -0.15) is 0 Å². The molecule has 134 valence electrons. The van der Waals surface area contributed by atoms with Crippen molar-refractivity contribution in [3.05, 3.63) is 53.1 Å². The summed E-state index contributed by atoms with van der Waals surface area (Å²) in [6.07, 6.45) is 0. The third kappa shape index (κ3) is 5.58. The molecular formula is C19H22ClNO3S. The summed E-state index contributed by atoms with van der Waals surface area (Å²) >= 11 is 7.64. The third-order valence-electron chi connectivity index (χ3n) is 3.55. The molecule has 0 aromatic heterocycles. The highest BCUT2D eigenvalue weighted by Crippen LogP contribution is 2.29. The lowest BCUT2D eigenvalue weighted by Gasteiger charge is -2.14. The van der Waals surface area contributed by atoms with E-state index in [9.17, 15) is 4.79 Å². The van der Waals surface area contributed by atoms with E-state index in [1.54, 1.807) is 37.1 Å². The second-order valence-corrected chi connectivity index (χ2v) is 7.07. The summed E-state index contributed by atoms with van der Waals surface area (Å²) < 4.78 is 10.7. The number of thioether (sulfide) groups is 1. The van der Waals surface area contributed by atoms with Gasteiger partial charge in [0.25, 0.3) is 0 Å². The van der Waals surface area contributed by atoms with E-state index in [2.05, 4.69) is 5.32 Å². The van der Waals surface area contributed by atoms with Crippen LogP contribution in [0.4, 0.5) is 5.69 Å². The highest BCUT2D eigenvalue weighted by Gasteiger charge is 2.15. The molecule has 0 aliphatic carbocycles. The fourth-order valence-electron chi connectivity index (χ4n) is 2.20. The standard InChI is InChI=1S/C19H22ClNO3S/c1-4-24-17-8-6-5-7-14(17)12-25-13(2)19(22)21-15-9-10-18(23-3)16(20)11-15/h5-11,13H,4,12H2,1-3H3,(H,21,22). The number of anilines is 1. The van der Waals surface area contributed by atoms with Gasteiger partial charge in [0.05, 0.1) is 24.0 Å². The summed E-state index contributed by atoms with van der Waals surface area (Å²) in [6.45, 7) is 4.46. The molecule has 2 rings (SSSR count). The molecule has 0 heterocycles. The van der Waals surface area contributed by atoms with Crippen LogP contribution in [0.5, 0.6) is 11.5 Å². The zero-order valence-corrected chi connectivity index (χ0v) is 16.1. The minimum Gasteiger partial charge on any atom is -0.495 e. The molecule has 0 spiro atoms. The molecule has 6 heteroatoms. The quantitative estimate of drug-likeness (QED) is 0.700. The molecule has 0 aliphatic rings. The Morgan fingerprint density at radius 2 is 2.00 bits per heavy atom. The fourth-order valence-corrected chi connectivity index (χ4v) is 3.33. The molecule has 2 aromatic carbocycles. The van der Waals surface area contributed by atoms with Crippen molar-refractivity contribution in [1.29, 1.82) is 0 Å². The van der Waals surface area contributed by atoms with Gasteiger partial charge in [-0.15, -0.1) is 11.8 Å². The Labute approximate surface area is 157 Å². The van der Waals surface area contributed by atoms with E-state index in [0.717, 1.165) is 11.3 Å². The molecule has 0 saturated heterocycles. The smallest absolute Gasteiger partial charge is 0.237 e. The maximum Gasteiger partial charge on any atom is 0.237 e. The van der Waals surface area contributed by atoms with E-state index in [1.807, 2.05) is 38.1 Å². The lowest BCUT2D eigenvalue weighted by Crippen LogP contribution is -2.22. The van der Waals surface area contributed by atoms with Crippen molar-refractivity contribution in [1.82, 2.24) is 0 Å². The summed E-state index contributed by atoms with van der Waals surface area (Å²) in [5.41, 5.74) is 1.74. The van der Waals surface area contributed by atoms with E-state index in [4.69, 9.17) is 21.1 Å². The van der Waals surface area contributed by atoms with E-state index in [0.29, 0.717) is 28.8 Å². The Kier molecular flexibility index (Phi) is 7.47. The lowest BCUT2D eigenvalue weighted by molar-refractivity contribution is -0.115. The topological polar surface area (TPSA) is 47.6 Å². The van der Waals surface area contributed by atoms with Gasteiger partial charge in [0, 0.05) is 17.0 Å². The van der Waals surface area contributed by atoms with Crippen LogP contribution >= 0.6 is 23.4 Å². The molecule has 0 saturated carbocycles. The van der Waals surface area contributed by atoms with Gasteiger partial charge in [-0.1, -0.05) is 29.8 Å². The predicted molar refractivity (Wildman–Crippen MR) is 105 cm³/mol. The van der Waals surface area contributed by atoms with E-state index in [1.165, 1.54) is 0 Å². The van der Waals surface area contributed by atoms with Crippen molar-refractivity contribution in [2.45, 2.75) is 24.9 Å². The van der Waals surface area contributed by atoms with Gasteiger partial charge in [-0.3, -0.25) is 4.79 Å². The first-order valence-corrected chi connectivity index (χ1v) is 9.44. The highest BCUT2D eigenvalue weighted by atomic mass is 35.5. The van der Waals surface area contributed by atoms with Gasteiger partial charge in [0.2, 0.25) is 5.91 Å². The molecule has 1 N–H and O–H groups in total. The van der Waals surface area contributed by atoms with Crippen LogP contribution in [-0.4, -0.2) is 24.9 Å². The Morgan fingerprint density at radius 3 is 2.68 bits per heavy atom. The van der Waals surface area contributed by atoms with Gasteiger partial charge < -0.3 is 14.8 Å². The summed E-state index contributed by atoms with van der Waals surface area (Å²) in [5, 5.41) is 3.13. The Hall–Kier alpha value is -1.85. The third-order valence-corrected chi connectivity index (χ3v) is 5.04. The van der Waals surface area contributed by atoms with Crippen LogP contribution in [0, 0.1) is 0 Å². The molecule has 1 unspecified atom stereocenters. The number of nitrogens with one attached hydrogen (secondary N) is 1. The zero-order chi connectivity index (χ0) is 18.2. The first kappa shape index (κ1) is 19.5. The van der Waals surface area contributed by atoms with Gasteiger partial charge >= 0.3 is 0 Å². The molecule has 0 bridgehead atoms. The van der Waals surface area contributed by atoms with E-state index >= 15 is 0 Å². The average molecular weight is 380 g/mol. The summed E-state index contributed by atoms with van der Waals surface area (Å²) in [4.78, 5) is 12.4. The van der Waals surface area contributed by atoms with Crippen LogP contribution in [0.25, 0.3) is 0 Å². The number of hydrogen-bond acceptors (Lipinski definition) is 4. The summed E-state index contributed by atoms with van der Waals surface area (Å²) in [7, 11) is 1.55. The van der Waals surface area contributed by atoms with Crippen LogP contribution in [0.1, 0.15) is 19.4 Å². The number of carbonyl (C=O) groups is 1. The number of hydrogen-bond donors (Lipinski definition) is 1. The predicted octanol–water partition coefficient (Wildman–Crippen LogP) is 5.01. The van der Waals surface area contributed by atoms with Crippen molar-refractivity contribution < 1.29 is 14.3 Å². The van der Waals surface area contributed by atoms with Gasteiger partial charge in [0.15, 0.2) is 0 Å². The van der Waals surface area contributed by atoms with Crippen LogP contribution in [0.3, 0.4) is 0 Å². The zero-order valence-electron chi connectivity index (χ0n) is 14.5. The molecule has 1 atom stereocenters. The molecule has 4 nitrogen and oxygen atoms in total. The Balaban J connectivity index is 1.93. The molecule has 2 aromatic rings. The first-order valence-electron chi connectivity index (χ1n) is 8.01. The summed E-state index contributed by atoms with van der Waals surface area (Å²) in [6, 6.07) is 13.1. The minimum absolute atomic E-state index is 0.0693. The van der Waals surface area contributed by atoms with Crippen LogP contribution in [0.2, 0.25) is 5.02 Å². The second-order valence-electron chi connectivity index (χ2n) is 5.33. The number of amides is 1. The molecule has 25 heavy (non-hydrogen) atoms. The first-order chi connectivity index (χ1) is 12.0. The largest absolute Gasteiger partial charge is 0.495 e. The molecular weight excluding hydrogens is 358 g/mol. The van der Waals surface area contributed by atoms with Gasteiger partial charge in [-0.05, 0) is 38.1 Å². The van der Waals surface area contributed by atoms with Crippen LogP contribution < -0.4 is 14.8 Å². The minimum atomic E-state index is -0.212. The monoisotopic (exact) mass is 379 g/mol. The molecule has 1 amide bonds. The number of halogens is 1.